The number of carbonyl (C=O) groups excluding carboxylic acids is 1. The van der Waals surface area contributed by atoms with Crippen LogP contribution in [0.25, 0.3) is 0 Å². The van der Waals surface area contributed by atoms with Crippen molar-refractivity contribution < 1.29 is 9.53 Å². The number of hydrogen-bond acceptors (Lipinski definition) is 8. The minimum Gasteiger partial charge on any atom is -0.467 e. The van der Waals surface area contributed by atoms with Crippen LogP contribution in [0.4, 0.5) is 5.95 Å². The zero-order chi connectivity index (χ0) is 17.6. The molecule has 0 unspecified atom stereocenters. The summed E-state index contributed by atoms with van der Waals surface area (Å²) < 4.78 is 4.81. The van der Waals surface area contributed by atoms with Crippen molar-refractivity contribution in [3.05, 3.63) is 30.3 Å². The molecule has 1 aromatic heterocycles. The second-order valence-electron chi connectivity index (χ2n) is 5.31. The number of aromatic nitrogens is 3. The van der Waals surface area contributed by atoms with E-state index in [2.05, 4.69) is 20.3 Å². The van der Waals surface area contributed by atoms with Crippen molar-refractivity contribution in [2.24, 2.45) is 0 Å². The lowest BCUT2D eigenvalue weighted by Crippen LogP contribution is -2.41. The van der Waals surface area contributed by atoms with E-state index in [0.717, 1.165) is 10.6 Å². The smallest absolute Gasteiger partial charge is 0.330 e. The fraction of sp³-hybridized carbons (Fsp3) is 0.375. The van der Waals surface area contributed by atoms with Crippen molar-refractivity contribution in [3.8, 4) is 0 Å². The molecule has 1 heterocycles. The third-order valence-electron chi connectivity index (χ3n) is 2.94. The summed E-state index contributed by atoms with van der Waals surface area (Å²) in [5.74, 6) is 0.818. The van der Waals surface area contributed by atoms with Gasteiger partial charge in [0.15, 0.2) is 10.3 Å². The minimum atomic E-state index is -0.932. The minimum absolute atomic E-state index is 0.356. The Bertz CT molecular complexity index is 696. The van der Waals surface area contributed by atoms with E-state index in [1.807, 2.05) is 37.3 Å². The SMILES string of the molecule is CCSc1nc(NC(C)(C)C(=O)OC)nc(Sc2ccccc2)n1. The van der Waals surface area contributed by atoms with E-state index in [1.165, 1.54) is 30.6 Å². The molecule has 8 heteroatoms. The number of hydrogen-bond donors (Lipinski definition) is 1. The molecule has 0 aliphatic carbocycles. The molecule has 0 saturated carbocycles. The van der Waals surface area contributed by atoms with Gasteiger partial charge in [-0.25, -0.2) is 4.79 Å². The highest BCUT2D eigenvalue weighted by Crippen LogP contribution is 2.27. The molecule has 0 bridgehead atoms. The topological polar surface area (TPSA) is 77.0 Å². The van der Waals surface area contributed by atoms with Crippen LogP contribution in [0.5, 0.6) is 0 Å². The number of rotatable bonds is 7. The molecule has 0 amide bonds. The van der Waals surface area contributed by atoms with Gasteiger partial charge in [-0.15, -0.1) is 0 Å². The highest BCUT2D eigenvalue weighted by Gasteiger charge is 2.29. The molecule has 0 atom stereocenters. The molecular weight excluding hydrogens is 344 g/mol. The average Bonchev–Trinajstić information content (AvgIpc) is 2.54. The van der Waals surface area contributed by atoms with Crippen LogP contribution in [0.2, 0.25) is 0 Å². The first-order valence-corrected chi connectivity index (χ1v) is 9.23. The number of carbonyl (C=O) groups is 1. The molecule has 0 saturated heterocycles. The largest absolute Gasteiger partial charge is 0.467 e. The standard InChI is InChI=1S/C16H20N4O2S2/c1-5-23-14-17-13(20-16(2,3)12(21)22-4)18-15(19-14)24-11-9-7-6-8-10-11/h6-10H,5H2,1-4H3,(H,17,18,19,20). The molecule has 24 heavy (non-hydrogen) atoms. The van der Waals surface area contributed by atoms with Crippen molar-refractivity contribution >= 4 is 35.4 Å². The first kappa shape index (κ1) is 18.5. The third-order valence-corrected chi connectivity index (χ3v) is 4.54. The second kappa shape index (κ2) is 8.34. The molecule has 0 aliphatic rings. The first-order chi connectivity index (χ1) is 11.4. The van der Waals surface area contributed by atoms with E-state index in [9.17, 15) is 4.79 Å². The predicted octanol–water partition coefficient (Wildman–Crippen LogP) is 3.50. The lowest BCUT2D eigenvalue weighted by molar-refractivity contribution is -0.144. The lowest BCUT2D eigenvalue weighted by atomic mass is 10.1. The van der Waals surface area contributed by atoms with E-state index < -0.39 is 5.54 Å². The Balaban J connectivity index is 2.28. The average molecular weight is 364 g/mol. The van der Waals surface area contributed by atoms with E-state index in [1.54, 1.807) is 13.8 Å². The van der Waals surface area contributed by atoms with Gasteiger partial charge in [0.1, 0.15) is 5.54 Å². The van der Waals surface area contributed by atoms with Crippen LogP contribution in [0.1, 0.15) is 20.8 Å². The van der Waals surface area contributed by atoms with Gasteiger partial charge in [0.05, 0.1) is 7.11 Å². The Hall–Kier alpha value is -1.80. The van der Waals surface area contributed by atoms with Crippen molar-refractivity contribution in [2.45, 2.75) is 41.5 Å². The molecule has 0 fully saturated rings. The van der Waals surface area contributed by atoms with Gasteiger partial charge in [0, 0.05) is 4.90 Å². The summed E-state index contributed by atoms with van der Waals surface area (Å²) in [6.45, 7) is 5.47. The van der Waals surface area contributed by atoms with Crippen molar-refractivity contribution in [1.82, 2.24) is 15.0 Å². The van der Waals surface area contributed by atoms with Crippen molar-refractivity contribution in [2.75, 3.05) is 18.2 Å². The number of anilines is 1. The van der Waals surface area contributed by atoms with E-state index in [0.29, 0.717) is 16.3 Å². The zero-order valence-electron chi connectivity index (χ0n) is 14.1. The normalized spacial score (nSPS) is 11.2. The van der Waals surface area contributed by atoms with Crippen LogP contribution in [-0.4, -0.2) is 39.3 Å². The van der Waals surface area contributed by atoms with Gasteiger partial charge in [-0.1, -0.05) is 36.9 Å². The predicted molar refractivity (Wildman–Crippen MR) is 96.5 cm³/mol. The maximum atomic E-state index is 11.9. The molecule has 1 N–H and O–H groups in total. The molecule has 0 radical (unpaired) electrons. The number of nitrogens with zero attached hydrogens (tertiary/aromatic N) is 3. The molecule has 128 valence electrons. The van der Waals surface area contributed by atoms with Gasteiger partial charge in [-0.2, -0.15) is 15.0 Å². The maximum absolute atomic E-state index is 11.9. The number of ether oxygens (including phenoxy) is 1. The molecule has 0 aliphatic heterocycles. The maximum Gasteiger partial charge on any atom is 0.330 e. The number of esters is 1. The van der Waals surface area contributed by atoms with Crippen LogP contribution >= 0.6 is 23.5 Å². The molecule has 0 spiro atoms. The molecule has 2 aromatic rings. The number of benzene rings is 1. The first-order valence-electron chi connectivity index (χ1n) is 7.43. The van der Waals surface area contributed by atoms with Gasteiger partial charge in [0.25, 0.3) is 0 Å². The number of thioether (sulfide) groups is 1. The Morgan fingerprint density at radius 1 is 1.17 bits per heavy atom. The van der Waals surface area contributed by atoms with Crippen molar-refractivity contribution in [3.63, 3.8) is 0 Å². The Morgan fingerprint density at radius 3 is 2.46 bits per heavy atom. The van der Waals surface area contributed by atoms with E-state index >= 15 is 0 Å². The van der Waals surface area contributed by atoms with Crippen LogP contribution in [-0.2, 0) is 9.53 Å². The van der Waals surface area contributed by atoms with Gasteiger partial charge in [0.2, 0.25) is 5.95 Å². The highest BCUT2D eigenvalue weighted by molar-refractivity contribution is 7.99. The zero-order valence-corrected chi connectivity index (χ0v) is 15.7. The molecular formula is C16H20N4O2S2. The van der Waals surface area contributed by atoms with Crippen LogP contribution in [0, 0.1) is 0 Å². The molecule has 1 aromatic carbocycles. The fourth-order valence-corrected chi connectivity index (χ4v) is 3.20. The quantitative estimate of drug-likeness (QED) is 0.591. The van der Waals surface area contributed by atoms with Crippen LogP contribution in [0.15, 0.2) is 45.5 Å². The monoisotopic (exact) mass is 364 g/mol. The number of methoxy groups -OCH3 is 1. The second-order valence-corrected chi connectivity index (χ2v) is 7.59. The molecule has 6 nitrogen and oxygen atoms in total. The Morgan fingerprint density at radius 2 is 1.83 bits per heavy atom. The van der Waals surface area contributed by atoms with Gasteiger partial charge < -0.3 is 10.1 Å². The lowest BCUT2D eigenvalue weighted by Gasteiger charge is -2.23. The summed E-state index contributed by atoms with van der Waals surface area (Å²) in [6, 6.07) is 9.87. The van der Waals surface area contributed by atoms with Crippen molar-refractivity contribution in [1.29, 1.82) is 0 Å². The Kier molecular flexibility index (Phi) is 6.44. The van der Waals surface area contributed by atoms with Gasteiger partial charge in [-0.05, 0) is 43.5 Å². The third kappa shape index (κ3) is 5.10. The summed E-state index contributed by atoms with van der Waals surface area (Å²) in [4.78, 5) is 26.2. The van der Waals surface area contributed by atoms with E-state index in [-0.39, 0.29) is 5.97 Å². The summed E-state index contributed by atoms with van der Waals surface area (Å²) in [5, 5.41) is 4.23. The highest BCUT2D eigenvalue weighted by atomic mass is 32.2. The van der Waals surface area contributed by atoms with Crippen LogP contribution < -0.4 is 5.32 Å². The Labute approximate surface area is 150 Å². The fourth-order valence-electron chi connectivity index (χ4n) is 1.81. The van der Waals surface area contributed by atoms with Gasteiger partial charge in [-0.3, -0.25) is 0 Å². The molecule has 2 rings (SSSR count). The number of nitrogens with one attached hydrogen (secondary N) is 1. The summed E-state index contributed by atoms with van der Waals surface area (Å²) >= 11 is 2.97. The summed E-state index contributed by atoms with van der Waals surface area (Å²) in [5.41, 5.74) is -0.932. The van der Waals surface area contributed by atoms with E-state index in [4.69, 9.17) is 4.74 Å². The van der Waals surface area contributed by atoms with Crippen LogP contribution in [0.3, 0.4) is 0 Å². The summed E-state index contributed by atoms with van der Waals surface area (Å²) in [6.07, 6.45) is 0. The van der Waals surface area contributed by atoms with Gasteiger partial charge >= 0.3 is 5.97 Å². The summed E-state index contributed by atoms with van der Waals surface area (Å²) in [7, 11) is 1.36.